The first-order valence-corrected chi connectivity index (χ1v) is 22.9. The molecule has 0 aromatic heterocycles. The summed E-state index contributed by atoms with van der Waals surface area (Å²) in [5.74, 6) is -3.70. The molecule has 6 fully saturated rings. The predicted molar refractivity (Wildman–Crippen MR) is 217 cm³/mol. The number of alkyl halides is 2. The zero-order chi connectivity index (χ0) is 54.0. The maximum Gasteiger partial charge on any atom is 0.283 e. The number of nitrogens with two attached hydrogens (primary N) is 1. The van der Waals surface area contributed by atoms with Crippen LogP contribution in [0.2, 0.25) is 0 Å². The van der Waals surface area contributed by atoms with Crippen molar-refractivity contribution in [3.63, 3.8) is 0 Å². The van der Waals surface area contributed by atoms with Gasteiger partial charge in [-0.1, -0.05) is 0 Å². The summed E-state index contributed by atoms with van der Waals surface area (Å²) < 4.78 is 95.8. The molecule has 12 unspecified atom stereocenters. The largest absolute Gasteiger partial charge is 0.394 e. The van der Waals surface area contributed by atoms with Gasteiger partial charge in [-0.2, -0.15) is 0 Å². The molecule has 6 heterocycles. The molecule has 6 rings (SSSR count). The molecule has 73 heavy (non-hydrogen) atoms. The number of aliphatic hydroxyl groups excluding tert-OH is 19. The van der Waals surface area contributed by atoms with Crippen LogP contribution >= 0.6 is 0 Å². The number of halogens is 2. The standard InChI is InChI=1S/C39H67F2NO31/c40-39(41,7-42)8-62-35-29(22(56)16(50)10(2-44)65-35)72-37-31(24(58)18(52)12(4-46)67-37)71-34-27(61)28(20(54)14(6-48)64-34)69-36-32(25(59)19(53)11(3-45)66-36)73-38-30(23(57)17(51)13(5-47)68-38)70-33-26(60)21(55)15(49)9(1-43)63-33/h9-38,43-61H,1-8,42H2/t9?,10?,11?,12?,13?,14?,15-,16-,17-,18-,19-,20-,21+,22+,23+,24+,25+,26?,27?,28+,29?,30?,31?,32?,33+,34+,35+,36-,37-,38-/m1/s1. The van der Waals surface area contributed by atoms with E-state index in [4.69, 9.17) is 62.6 Å². The third-order valence-corrected chi connectivity index (χ3v) is 13.2. The van der Waals surface area contributed by atoms with Crippen LogP contribution in [0.3, 0.4) is 0 Å². The Morgan fingerprint density at radius 2 is 0.575 bits per heavy atom. The first-order chi connectivity index (χ1) is 34.5. The Labute approximate surface area is 411 Å². The summed E-state index contributed by atoms with van der Waals surface area (Å²) in [7, 11) is 0. The third kappa shape index (κ3) is 13.0. The molecule has 0 radical (unpaired) electrons. The number of hydrogen-bond acceptors (Lipinski definition) is 32. The van der Waals surface area contributed by atoms with Gasteiger partial charge in [0.15, 0.2) is 37.7 Å². The molecule has 0 bridgehead atoms. The van der Waals surface area contributed by atoms with Crippen molar-refractivity contribution in [2.24, 2.45) is 5.73 Å². The minimum atomic E-state index is -3.70. The lowest BCUT2D eigenvalue weighted by molar-refractivity contribution is -0.412. The summed E-state index contributed by atoms with van der Waals surface area (Å²) >= 11 is 0. The summed E-state index contributed by atoms with van der Waals surface area (Å²) in [6, 6.07) is 0. The molecule has 0 spiro atoms. The fourth-order valence-corrected chi connectivity index (χ4v) is 8.81. The summed E-state index contributed by atoms with van der Waals surface area (Å²) in [4.78, 5) is 0. The van der Waals surface area contributed by atoms with Gasteiger partial charge >= 0.3 is 0 Å². The average Bonchev–Trinajstić information content (AvgIpc) is 3.37. The zero-order valence-corrected chi connectivity index (χ0v) is 38.2. The molecule has 0 aliphatic carbocycles. The number of rotatable bonds is 20. The zero-order valence-electron chi connectivity index (χ0n) is 38.2. The van der Waals surface area contributed by atoms with Crippen LogP contribution in [0.25, 0.3) is 0 Å². The van der Waals surface area contributed by atoms with E-state index in [0.717, 1.165) is 0 Å². The van der Waals surface area contributed by atoms with Crippen molar-refractivity contribution in [3.8, 4) is 0 Å². The van der Waals surface area contributed by atoms with Gasteiger partial charge in [0.2, 0.25) is 0 Å². The maximum absolute atomic E-state index is 14.2. The molecule has 30 atom stereocenters. The molecular weight excluding hydrogens is 1020 g/mol. The minimum Gasteiger partial charge on any atom is -0.394 e. The topological polar surface area (TPSA) is 521 Å². The fourth-order valence-electron chi connectivity index (χ4n) is 8.81. The molecule has 0 aromatic rings. The number of hydrogen-bond donors (Lipinski definition) is 20. The normalized spacial score (nSPS) is 50.2. The second-order valence-corrected chi connectivity index (χ2v) is 18.1. The van der Waals surface area contributed by atoms with E-state index in [2.05, 4.69) is 0 Å². The minimum absolute atomic E-state index is 0.935. The third-order valence-electron chi connectivity index (χ3n) is 13.2. The van der Waals surface area contributed by atoms with E-state index in [-0.39, 0.29) is 0 Å². The molecule has 6 aliphatic heterocycles. The van der Waals surface area contributed by atoms with Crippen LogP contribution in [0.4, 0.5) is 8.78 Å². The quantitative estimate of drug-likeness (QED) is 0.0538. The van der Waals surface area contributed by atoms with Crippen molar-refractivity contribution in [1.82, 2.24) is 0 Å². The van der Waals surface area contributed by atoms with Crippen molar-refractivity contribution >= 4 is 0 Å². The fraction of sp³-hybridized carbons (Fsp3) is 1.00. The smallest absolute Gasteiger partial charge is 0.283 e. The van der Waals surface area contributed by atoms with Crippen LogP contribution in [-0.2, 0) is 56.8 Å². The lowest BCUT2D eigenvalue weighted by Crippen LogP contribution is -2.69. The first-order valence-electron chi connectivity index (χ1n) is 22.9. The average molecular weight is 1080 g/mol. The molecule has 428 valence electrons. The van der Waals surface area contributed by atoms with Crippen molar-refractivity contribution in [3.05, 3.63) is 0 Å². The van der Waals surface area contributed by atoms with E-state index in [0.29, 0.717) is 0 Å². The van der Waals surface area contributed by atoms with Gasteiger partial charge in [-0.3, -0.25) is 0 Å². The molecule has 6 saturated heterocycles. The van der Waals surface area contributed by atoms with Crippen molar-refractivity contribution < 1.29 is 163 Å². The molecule has 0 aromatic carbocycles. The Morgan fingerprint density at radius 3 is 0.918 bits per heavy atom. The lowest BCUT2D eigenvalue weighted by Gasteiger charge is -2.50. The van der Waals surface area contributed by atoms with E-state index < -0.39 is 243 Å². The van der Waals surface area contributed by atoms with Crippen LogP contribution in [0.1, 0.15) is 0 Å². The Morgan fingerprint density at radius 1 is 0.315 bits per heavy atom. The summed E-state index contributed by atoms with van der Waals surface area (Å²) in [6.45, 7) is -8.88. The second kappa shape index (κ2) is 26.0. The molecule has 32 nitrogen and oxygen atoms in total. The first kappa shape index (κ1) is 60.8. The van der Waals surface area contributed by atoms with Crippen LogP contribution in [0, 0.1) is 0 Å². The van der Waals surface area contributed by atoms with Crippen molar-refractivity contribution in [2.75, 3.05) is 52.8 Å². The highest BCUT2D eigenvalue weighted by Crippen LogP contribution is 2.38. The van der Waals surface area contributed by atoms with Gasteiger partial charge in [0.05, 0.1) is 46.2 Å². The highest BCUT2D eigenvalue weighted by atomic mass is 19.3. The van der Waals surface area contributed by atoms with E-state index in [1.807, 2.05) is 0 Å². The van der Waals surface area contributed by atoms with E-state index in [1.165, 1.54) is 0 Å². The predicted octanol–water partition coefficient (Wildman–Crippen LogP) is -13.5. The Kier molecular flexibility index (Phi) is 21.7. The molecule has 0 amide bonds. The summed E-state index contributed by atoms with van der Waals surface area (Å²) in [6.07, 6.45) is -61.7. The SMILES string of the molecule is NCC(F)(F)CO[C@H]1OC(CO)[C@@H](O)[C@H](O)C1O[C@H]1OC(CO)[C@@H](O)[C@H](O)C1O[C@@H]1OC(CO)[C@@H](O)[C@H](O[C@H]2OC(CO)[C@@H](O)[C@H](O)C2O[C@H]2OC(CO)[C@@H](O)[C@H](O)C2O[C@@H]2OC(CO)[C@@H](O)[C@H](O)C2O)C1O. The molecule has 34 heteroatoms. The Bertz CT molecular complexity index is 1680. The lowest BCUT2D eigenvalue weighted by atomic mass is 9.95. The molecule has 0 saturated carbocycles. The van der Waals surface area contributed by atoms with Crippen LogP contribution in [0.15, 0.2) is 0 Å². The Balaban J connectivity index is 1.28. The molecule has 21 N–H and O–H groups in total. The van der Waals surface area contributed by atoms with Gasteiger partial charge in [0.25, 0.3) is 5.92 Å². The highest BCUT2D eigenvalue weighted by molar-refractivity contribution is 5.00. The summed E-state index contributed by atoms with van der Waals surface area (Å²) in [5, 5.41) is 203. The van der Waals surface area contributed by atoms with Crippen molar-refractivity contribution in [2.45, 2.75) is 190 Å². The summed E-state index contributed by atoms with van der Waals surface area (Å²) in [5.41, 5.74) is 5.09. The van der Waals surface area contributed by atoms with E-state index in [9.17, 15) is 106 Å². The number of ether oxygens (including phenoxy) is 12. The Hall–Kier alpha value is -1.42. The van der Waals surface area contributed by atoms with Gasteiger partial charge in [0, 0.05) is 0 Å². The molecular formula is C39H67F2NO31. The number of aliphatic hydroxyl groups is 19. The van der Waals surface area contributed by atoms with Gasteiger partial charge in [-0.15, -0.1) is 0 Å². The molecule has 6 aliphatic rings. The highest BCUT2D eigenvalue weighted by Gasteiger charge is 2.58. The van der Waals surface area contributed by atoms with Crippen LogP contribution in [0.5, 0.6) is 0 Å². The van der Waals surface area contributed by atoms with E-state index in [1.54, 1.807) is 0 Å². The van der Waals surface area contributed by atoms with Gasteiger partial charge < -0.3 is 160 Å². The van der Waals surface area contributed by atoms with Crippen LogP contribution in [-0.4, -0.2) is 340 Å². The van der Waals surface area contributed by atoms with Gasteiger partial charge in [-0.05, 0) is 0 Å². The monoisotopic (exact) mass is 1080 g/mol. The maximum atomic E-state index is 14.2. The van der Waals surface area contributed by atoms with Gasteiger partial charge in [-0.25, -0.2) is 8.78 Å². The second-order valence-electron chi connectivity index (χ2n) is 18.1. The van der Waals surface area contributed by atoms with E-state index >= 15 is 0 Å². The van der Waals surface area contributed by atoms with Crippen molar-refractivity contribution in [1.29, 1.82) is 0 Å². The van der Waals surface area contributed by atoms with Gasteiger partial charge in [0.1, 0.15) is 153 Å². The van der Waals surface area contributed by atoms with Crippen LogP contribution < -0.4 is 5.73 Å².